The first-order chi connectivity index (χ1) is 11.3. The summed E-state index contributed by atoms with van der Waals surface area (Å²) in [6, 6.07) is 11.4. The van der Waals surface area contributed by atoms with Crippen LogP contribution in [0.15, 0.2) is 36.4 Å². The van der Waals surface area contributed by atoms with Gasteiger partial charge >= 0.3 is 0 Å². The van der Waals surface area contributed by atoms with Crippen LogP contribution in [0.1, 0.15) is 22.6 Å². The van der Waals surface area contributed by atoms with Crippen molar-refractivity contribution in [3.63, 3.8) is 0 Å². The van der Waals surface area contributed by atoms with Crippen LogP contribution in [-0.4, -0.2) is 46.4 Å². The van der Waals surface area contributed by atoms with Gasteiger partial charge in [-0.1, -0.05) is 18.2 Å². The number of rotatable bonds is 5. The van der Waals surface area contributed by atoms with Gasteiger partial charge in [-0.3, -0.25) is 9.48 Å². The van der Waals surface area contributed by atoms with Crippen LogP contribution < -0.4 is 4.74 Å². The monoisotopic (exact) mass is 313 g/mol. The van der Waals surface area contributed by atoms with E-state index in [-0.39, 0.29) is 12.0 Å². The summed E-state index contributed by atoms with van der Waals surface area (Å²) in [4.78, 5) is 14.4. The molecule has 23 heavy (non-hydrogen) atoms. The van der Waals surface area contributed by atoms with Crippen LogP contribution in [0.5, 0.6) is 5.75 Å². The average Bonchev–Trinajstić information content (AvgIpc) is 2.96. The van der Waals surface area contributed by atoms with Gasteiger partial charge in [0, 0.05) is 19.7 Å². The molecule has 0 radical (unpaired) electrons. The van der Waals surface area contributed by atoms with Crippen molar-refractivity contribution in [1.82, 2.24) is 14.7 Å². The topological polar surface area (TPSA) is 56.6 Å². The summed E-state index contributed by atoms with van der Waals surface area (Å²) in [7, 11) is 0. The molecule has 1 aromatic carbocycles. The Hall–Kier alpha value is -2.34. The molecule has 1 aromatic heterocycles. The number of amides is 1. The van der Waals surface area contributed by atoms with Gasteiger partial charge in [-0.25, -0.2) is 0 Å². The van der Waals surface area contributed by atoms with E-state index in [1.165, 1.54) is 0 Å². The molecule has 4 rings (SSSR count). The molecule has 1 saturated heterocycles. The van der Waals surface area contributed by atoms with E-state index >= 15 is 0 Å². The molecule has 6 nitrogen and oxygen atoms in total. The third kappa shape index (κ3) is 2.94. The third-order valence-electron chi connectivity index (χ3n) is 4.27. The van der Waals surface area contributed by atoms with Crippen LogP contribution in [0.4, 0.5) is 0 Å². The Morgan fingerprint density at radius 3 is 2.83 bits per heavy atom. The average molecular weight is 313 g/mol. The summed E-state index contributed by atoms with van der Waals surface area (Å²) in [6.07, 6.45) is 1.24. The lowest BCUT2D eigenvalue weighted by molar-refractivity contribution is -0.0640. The third-order valence-corrected chi connectivity index (χ3v) is 4.27. The Labute approximate surface area is 134 Å². The second-order valence-electron chi connectivity index (χ2n) is 5.88. The van der Waals surface area contributed by atoms with E-state index in [0.717, 1.165) is 31.0 Å². The van der Waals surface area contributed by atoms with Gasteiger partial charge in [0.25, 0.3) is 5.91 Å². The molecule has 0 saturated carbocycles. The molecule has 2 aliphatic heterocycles. The summed E-state index contributed by atoms with van der Waals surface area (Å²) in [5.74, 6) is 0.832. The van der Waals surface area contributed by atoms with Crippen molar-refractivity contribution in [2.45, 2.75) is 25.7 Å². The van der Waals surface area contributed by atoms with Crippen molar-refractivity contribution in [3.05, 3.63) is 47.8 Å². The van der Waals surface area contributed by atoms with Gasteiger partial charge < -0.3 is 14.4 Å². The van der Waals surface area contributed by atoms with Crippen LogP contribution in [0.25, 0.3) is 0 Å². The van der Waals surface area contributed by atoms with Crippen molar-refractivity contribution in [2.24, 2.45) is 0 Å². The minimum Gasteiger partial charge on any atom is -0.487 e. The highest BCUT2D eigenvalue weighted by atomic mass is 16.5. The van der Waals surface area contributed by atoms with Gasteiger partial charge in [0.05, 0.1) is 12.6 Å². The molecule has 1 amide bonds. The lowest BCUT2D eigenvalue weighted by Gasteiger charge is -2.34. The van der Waals surface area contributed by atoms with E-state index in [0.29, 0.717) is 25.4 Å². The molecule has 1 atom stereocenters. The number of fused-ring (bicyclic) bond motifs is 1. The summed E-state index contributed by atoms with van der Waals surface area (Å²) < 4.78 is 12.9. The number of nitrogens with zero attached hydrogens (tertiary/aromatic N) is 3. The Kier molecular flexibility index (Phi) is 3.75. The van der Waals surface area contributed by atoms with Gasteiger partial charge in [0.15, 0.2) is 0 Å². The van der Waals surface area contributed by atoms with Crippen molar-refractivity contribution < 1.29 is 14.3 Å². The van der Waals surface area contributed by atoms with Crippen molar-refractivity contribution >= 4 is 5.91 Å². The number of carbonyl (C=O) groups excluding carboxylic acids is 1. The molecule has 120 valence electrons. The lowest BCUT2D eigenvalue weighted by atomic mass is 10.1. The van der Waals surface area contributed by atoms with Gasteiger partial charge in [0.2, 0.25) is 0 Å². The smallest absolute Gasteiger partial charge is 0.272 e. The summed E-state index contributed by atoms with van der Waals surface area (Å²) >= 11 is 0. The van der Waals surface area contributed by atoms with Crippen molar-refractivity contribution in [2.75, 3.05) is 19.7 Å². The number of hydrogen-bond donors (Lipinski definition) is 0. The Balaban J connectivity index is 1.42. The van der Waals surface area contributed by atoms with E-state index < -0.39 is 0 Å². The second kappa shape index (κ2) is 6.04. The maximum absolute atomic E-state index is 12.5. The molecular weight excluding hydrogens is 294 g/mol. The highest BCUT2D eigenvalue weighted by Crippen LogP contribution is 2.19. The number of carbonyl (C=O) groups is 1. The van der Waals surface area contributed by atoms with Crippen LogP contribution in [-0.2, 0) is 17.9 Å². The molecule has 2 aliphatic rings. The molecule has 0 N–H and O–H groups in total. The number of para-hydroxylation sites is 1. The zero-order valence-corrected chi connectivity index (χ0v) is 12.9. The SMILES string of the molecule is O=C1c2cc(COc3ccccc3)nn2CCN1C[C@H]1CCO1. The predicted octanol–water partition coefficient (Wildman–Crippen LogP) is 1.71. The van der Waals surface area contributed by atoms with Crippen molar-refractivity contribution in [3.8, 4) is 5.75 Å². The van der Waals surface area contributed by atoms with Crippen molar-refractivity contribution in [1.29, 1.82) is 0 Å². The standard InChI is InChI=1S/C17H19N3O3/c21-17-16-10-13(12-23-14-4-2-1-3-5-14)18-20(16)8-7-19(17)11-15-6-9-22-15/h1-5,10,15H,6-9,11-12H2/t15-/m1/s1. The molecule has 0 spiro atoms. The first-order valence-electron chi connectivity index (χ1n) is 7.95. The maximum Gasteiger partial charge on any atom is 0.272 e. The second-order valence-corrected chi connectivity index (χ2v) is 5.88. The summed E-state index contributed by atoms with van der Waals surface area (Å²) in [5, 5.41) is 4.48. The fourth-order valence-corrected chi connectivity index (χ4v) is 2.88. The normalized spacial score (nSPS) is 20.1. The Morgan fingerprint density at radius 2 is 2.09 bits per heavy atom. The lowest BCUT2D eigenvalue weighted by Crippen LogP contribution is -2.47. The molecular formula is C17H19N3O3. The van der Waals surface area contributed by atoms with Crippen LogP contribution >= 0.6 is 0 Å². The number of benzene rings is 1. The van der Waals surface area contributed by atoms with E-state index in [1.54, 1.807) is 4.68 Å². The largest absolute Gasteiger partial charge is 0.487 e. The zero-order valence-electron chi connectivity index (χ0n) is 12.9. The fraction of sp³-hybridized carbons (Fsp3) is 0.412. The van der Waals surface area contributed by atoms with Crippen LogP contribution in [0.3, 0.4) is 0 Å². The number of aromatic nitrogens is 2. The molecule has 0 bridgehead atoms. The number of ether oxygens (including phenoxy) is 2. The zero-order chi connectivity index (χ0) is 15.6. The highest BCUT2D eigenvalue weighted by Gasteiger charge is 2.30. The first kappa shape index (κ1) is 14.3. The van der Waals surface area contributed by atoms with E-state index in [1.807, 2.05) is 41.3 Å². The summed E-state index contributed by atoms with van der Waals surface area (Å²) in [6.45, 7) is 3.26. The molecule has 1 fully saturated rings. The number of hydrogen-bond acceptors (Lipinski definition) is 4. The van der Waals surface area contributed by atoms with E-state index in [4.69, 9.17) is 9.47 Å². The van der Waals surface area contributed by atoms with Gasteiger partial charge in [-0.05, 0) is 24.6 Å². The molecule has 0 aliphatic carbocycles. The van der Waals surface area contributed by atoms with E-state index in [9.17, 15) is 4.79 Å². The fourth-order valence-electron chi connectivity index (χ4n) is 2.88. The van der Waals surface area contributed by atoms with Crippen LogP contribution in [0.2, 0.25) is 0 Å². The van der Waals surface area contributed by atoms with E-state index in [2.05, 4.69) is 5.10 Å². The molecule has 2 aromatic rings. The van der Waals surface area contributed by atoms with Gasteiger partial charge in [-0.2, -0.15) is 5.10 Å². The predicted molar refractivity (Wildman–Crippen MR) is 83.3 cm³/mol. The molecule has 3 heterocycles. The minimum absolute atomic E-state index is 0.0326. The summed E-state index contributed by atoms with van der Waals surface area (Å²) in [5.41, 5.74) is 1.42. The quantitative estimate of drug-likeness (QED) is 0.843. The highest BCUT2D eigenvalue weighted by molar-refractivity contribution is 5.93. The molecule has 6 heteroatoms. The minimum atomic E-state index is 0.0326. The van der Waals surface area contributed by atoms with Gasteiger partial charge in [-0.15, -0.1) is 0 Å². The Morgan fingerprint density at radius 1 is 1.26 bits per heavy atom. The Bertz CT molecular complexity index is 694. The molecule has 0 unspecified atom stereocenters. The maximum atomic E-state index is 12.5. The van der Waals surface area contributed by atoms with Crippen LogP contribution in [0, 0.1) is 0 Å². The van der Waals surface area contributed by atoms with Gasteiger partial charge in [0.1, 0.15) is 23.7 Å². The first-order valence-corrected chi connectivity index (χ1v) is 7.95.